The third-order valence-corrected chi connectivity index (χ3v) is 4.85. The van der Waals surface area contributed by atoms with Gasteiger partial charge < -0.3 is 4.74 Å². The van der Waals surface area contributed by atoms with E-state index >= 15 is 0 Å². The average molecular weight is 335 g/mol. The molecule has 0 radical (unpaired) electrons. The summed E-state index contributed by atoms with van der Waals surface area (Å²) in [5.41, 5.74) is -0.529. The molecule has 1 amide bonds. The van der Waals surface area contributed by atoms with Crippen LogP contribution in [0, 0.1) is 10.1 Å². The summed E-state index contributed by atoms with van der Waals surface area (Å²) in [7, 11) is -3.98. The number of hydrogen-bond acceptors (Lipinski definition) is 6. The minimum Gasteiger partial charge on any atom is -0.378 e. The number of nitrogens with zero attached hydrogens (tertiary/aromatic N) is 2. The molecule has 21 heavy (non-hydrogen) atoms. The number of carbonyl (C=O) groups is 1. The van der Waals surface area contributed by atoms with Gasteiger partial charge in [-0.25, -0.2) is 12.7 Å². The minimum atomic E-state index is -3.98. The van der Waals surface area contributed by atoms with Crippen LogP contribution < -0.4 is 0 Å². The quantitative estimate of drug-likeness (QED) is 0.332. The van der Waals surface area contributed by atoms with Crippen LogP contribution >= 0.6 is 11.6 Å². The maximum absolute atomic E-state index is 12.2. The fraction of sp³-hybridized carbons (Fsp3) is 0.364. The zero-order valence-corrected chi connectivity index (χ0v) is 12.3. The number of ether oxygens (including phenoxy) is 1. The van der Waals surface area contributed by atoms with Gasteiger partial charge in [0, 0.05) is 18.0 Å². The number of carbonyl (C=O) groups excluding carboxylic acids is 1. The zero-order chi connectivity index (χ0) is 15.6. The fourth-order valence-corrected chi connectivity index (χ4v) is 3.55. The van der Waals surface area contributed by atoms with Crippen molar-refractivity contribution in [3.63, 3.8) is 0 Å². The Hall–Kier alpha value is -1.71. The van der Waals surface area contributed by atoms with Crippen molar-refractivity contribution >= 4 is 33.2 Å². The Balaban J connectivity index is 2.29. The molecule has 0 fully saturated rings. The topological polar surface area (TPSA) is 107 Å². The average Bonchev–Trinajstić information content (AvgIpc) is 2.63. The Labute approximate surface area is 125 Å². The first-order chi connectivity index (χ1) is 9.89. The smallest absolute Gasteiger partial charge is 0.270 e. The molecule has 0 spiro atoms. The molecule has 1 aliphatic rings. The van der Waals surface area contributed by atoms with Crippen LogP contribution in [0.15, 0.2) is 23.1 Å². The predicted molar refractivity (Wildman–Crippen MR) is 72.9 cm³/mol. The Morgan fingerprint density at radius 3 is 2.67 bits per heavy atom. The molecule has 0 aliphatic carbocycles. The standard InChI is InChI=1S/C11H11ClN2O6S/c12-3-5-20-6-4-13-11(15)9-7-8(14(16)17)1-2-10(9)21(13,18)19/h1-2,7H,3-6H2. The first-order valence-electron chi connectivity index (χ1n) is 5.89. The van der Waals surface area contributed by atoms with Crippen LogP contribution in [0.2, 0.25) is 0 Å². The maximum atomic E-state index is 12.2. The Morgan fingerprint density at radius 1 is 1.33 bits per heavy atom. The lowest BCUT2D eigenvalue weighted by Gasteiger charge is -2.14. The number of fused-ring (bicyclic) bond motifs is 1. The van der Waals surface area contributed by atoms with Crippen LogP contribution in [0.4, 0.5) is 5.69 Å². The molecule has 1 aromatic carbocycles. The van der Waals surface area contributed by atoms with Crippen LogP contribution in [0.3, 0.4) is 0 Å². The van der Waals surface area contributed by atoms with Gasteiger partial charge in [-0.1, -0.05) is 0 Å². The van der Waals surface area contributed by atoms with Crippen molar-refractivity contribution in [1.29, 1.82) is 0 Å². The molecule has 114 valence electrons. The highest BCUT2D eigenvalue weighted by molar-refractivity contribution is 7.90. The number of benzene rings is 1. The molecule has 1 heterocycles. The van der Waals surface area contributed by atoms with E-state index in [1.54, 1.807) is 0 Å². The number of alkyl halides is 1. The van der Waals surface area contributed by atoms with Crippen LogP contribution in [0.25, 0.3) is 0 Å². The van der Waals surface area contributed by atoms with Gasteiger partial charge in [-0.3, -0.25) is 14.9 Å². The molecule has 2 rings (SSSR count). The second kappa shape index (κ2) is 5.96. The van der Waals surface area contributed by atoms with Crippen LogP contribution in [-0.2, 0) is 14.8 Å². The SMILES string of the molecule is O=C1c2cc([N+](=O)[O-])ccc2S(=O)(=O)N1CCOCCCl. The molecule has 0 unspecified atom stereocenters. The van der Waals surface area contributed by atoms with Gasteiger partial charge in [0.15, 0.2) is 0 Å². The summed E-state index contributed by atoms with van der Waals surface area (Å²) in [5, 5.41) is 10.7. The summed E-state index contributed by atoms with van der Waals surface area (Å²) in [6.45, 7) is 0.0797. The third-order valence-electron chi connectivity index (χ3n) is 2.86. The highest BCUT2D eigenvalue weighted by Crippen LogP contribution is 2.32. The van der Waals surface area contributed by atoms with E-state index in [1.807, 2.05) is 0 Å². The monoisotopic (exact) mass is 334 g/mol. The Morgan fingerprint density at radius 2 is 2.05 bits per heavy atom. The lowest BCUT2D eigenvalue weighted by Crippen LogP contribution is -2.33. The molecule has 1 aromatic rings. The number of amides is 1. The van der Waals surface area contributed by atoms with E-state index in [0.717, 1.165) is 18.2 Å². The molecule has 10 heteroatoms. The number of rotatable bonds is 6. The van der Waals surface area contributed by atoms with Crippen LogP contribution in [0.1, 0.15) is 10.4 Å². The van der Waals surface area contributed by atoms with Crippen molar-refractivity contribution in [2.24, 2.45) is 0 Å². The van der Waals surface area contributed by atoms with Crippen LogP contribution in [-0.4, -0.2) is 49.2 Å². The highest BCUT2D eigenvalue weighted by atomic mass is 35.5. The normalized spacial score (nSPS) is 16.0. The summed E-state index contributed by atoms with van der Waals surface area (Å²) in [6.07, 6.45) is 0. The fourth-order valence-electron chi connectivity index (χ4n) is 1.91. The summed E-state index contributed by atoms with van der Waals surface area (Å²) < 4.78 is 30.1. The van der Waals surface area contributed by atoms with Crippen molar-refractivity contribution in [3.05, 3.63) is 33.9 Å². The molecule has 0 atom stereocenters. The van der Waals surface area contributed by atoms with Crippen molar-refractivity contribution in [2.45, 2.75) is 4.90 Å². The van der Waals surface area contributed by atoms with Gasteiger partial charge >= 0.3 is 0 Å². The summed E-state index contributed by atoms with van der Waals surface area (Å²) >= 11 is 5.41. The summed E-state index contributed by atoms with van der Waals surface area (Å²) in [5.74, 6) is -0.532. The number of hydrogen-bond donors (Lipinski definition) is 0. The number of non-ortho nitro benzene ring substituents is 1. The van der Waals surface area contributed by atoms with E-state index in [1.165, 1.54) is 0 Å². The van der Waals surface area contributed by atoms with Crippen LogP contribution in [0.5, 0.6) is 0 Å². The molecular formula is C11H11ClN2O6S. The second-order valence-corrected chi connectivity index (χ2v) is 6.33. The van der Waals surface area contributed by atoms with Crippen molar-refractivity contribution in [3.8, 4) is 0 Å². The van der Waals surface area contributed by atoms with Gasteiger partial charge in [0.1, 0.15) is 4.90 Å². The van der Waals surface area contributed by atoms with E-state index < -0.39 is 20.9 Å². The van der Waals surface area contributed by atoms with Gasteiger partial charge in [0.05, 0.1) is 30.2 Å². The van der Waals surface area contributed by atoms with E-state index in [-0.39, 0.29) is 41.8 Å². The zero-order valence-electron chi connectivity index (χ0n) is 10.7. The molecule has 0 bridgehead atoms. The highest BCUT2D eigenvalue weighted by Gasteiger charge is 2.41. The Kier molecular flexibility index (Phi) is 4.45. The van der Waals surface area contributed by atoms with Gasteiger partial charge in [-0.05, 0) is 6.07 Å². The molecule has 0 saturated carbocycles. The van der Waals surface area contributed by atoms with Crippen molar-refractivity contribution < 1.29 is 22.9 Å². The van der Waals surface area contributed by atoms with E-state index in [2.05, 4.69) is 0 Å². The van der Waals surface area contributed by atoms with Gasteiger partial charge in [-0.15, -0.1) is 11.6 Å². The first-order valence-corrected chi connectivity index (χ1v) is 7.86. The number of nitro groups is 1. The summed E-state index contributed by atoms with van der Waals surface area (Å²) in [4.78, 5) is 21.9. The van der Waals surface area contributed by atoms with E-state index in [4.69, 9.17) is 16.3 Å². The molecule has 0 aromatic heterocycles. The Bertz CT molecular complexity index is 690. The van der Waals surface area contributed by atoms with Gasteiger partial charge in [-0.2, -0.15) is 0 Å². The second-order valence-electron chi connectivity index (χ2n) is 4.12. The lowest BCUT2D eigenvalue weighted by atomic mass is 10.2. The number of halogens is 1. The first kappa shape index (κ1) is 15.7. The van der Waals surface area contributed by atoms with Gasteiger partial charge in [0.2, 0.25) is 0 Å². The van der Waals surface area contributed by atoms with Gasteiger partial charge in [0.25, 0.3) is 21.6 Å². The molecule has 0 saturated heterocycles. The lowest BCUT2D eigenvalue weighted by molar-refractivity contribution is -0.384. The number of nitro benzene ring substituents is 1. The summed E-state index contributed by atoms with van der Waals surface area (Å²) in [6, 6.07) is 3.09. The molecular weight excluding hydrogens is 324 g/mol. The molecule has 1 aliphatic heterocycles. The van der Waals surface area contributed by atoms with E-state index in [0.29, 0.717) is 4.31 Å². The van der Waals surface area contributed by atoms with E-state index in [9.17, 15) is 23.3 Å². The predicted octanol–water partition coefficient (Wildman–Crippen LogP) is 0.995. The largest absolute Gasteiger partial charge is 0.378 e. The third kappa shape index (κ3) is 2.85. The minimum absolute atomic E-state index is 0.00771. The molecule has 0 N–H and O–H groups in total. The van der Waals surface area contributed by atoms with Crippen molar-refractivity contribution in [1.82, 2.24) is 4.31 Å². The van der Waals surface area contributed by atoms with Crippen molar-refractivity contribution in [2.75, 3.05) is 25.6 Å². The molecule has 8 nitrogen and oxygen atoms in total. The maximum Gasteiger partial charge on any atom is 0.270 e. The number of sulfonamides is 1.